The predicted molar refractivity (Wildman–Crippen MR) is 83.4 cm³/mol. The van der Waals surface area contributed by atoms with Crippen LogP contribution in [0.1, 0.15) is 6.92 Å². The zero-order chi connectivity index (χ0) is 14.7. The average molecular weight is 295 g/mol. The van der Waals surface area contributed by atoms with Crippen molar-refractivity contribution >= 4 is 28.2 Å². The summed E-state index contributed by atoms with van der Waals surface area (Å²) in [7, 11) is 5.25. The Balaban J connectivity index is 2.62. The SMILES string of the molecule is COc1cc2ccnc(N(C)C(C)CCl)c2cc1OC. The fourth-order valence-electron chi connectivity index (χ4n) is 2.08. The van der Waals surface area contributed by atoms with E-state index in [0.717, 1.165) is 16.6 Å². The second-order valence-electron chi connectivity index (χ2n) is 4.68. The minimum Gasteiger partial charge on any atom is -0.493 e. The van der Waals surface area contributed by atoms with Gasteiger partial charge in [-0.05, 0) is 30.5 Å². The lowest BCUT2D eigenvalue weighted by Gasteiger charge is -2.25. The van der Waals surface area contributed by atoms with Crippen molar-refractivity contribution in [1.82, 2.24) is 4.98 Å². The van der Waals surface area contributed by atoms with Gasteiger partial charge in [0.15, 0.2) is 11.5 Å². The summed E-state index contributed by atoms with van der Waals surface area (Å²) in [5.41, 5.74) is 0. The fourth-order valence-corrected chi connectivity index (χ4v) is 2.28. The highest BCUT2D eigenvalue weighted by Crippen LogP contribution is 2.35. The largest absolute Gasteiger partial charge is 0.493 e. The molecule has 0 aliphatic heterocycles. The Hall–Kier alpha value is -1.68. The van der Waals surface area contributed by atoms with Gasteiger partial charge >= 0.3 is 0 Å². The van der Waals surface area contributed by atoms with Crippen molar-refractivity contribution in [3.05, 3.63) is 24.4 Å². The summed E-state index contributed by atoms with van der Waals surface area (Å²) in [6.45, 7) is 2.06. The van der Waals surface area contributed by atoms with Gasteiger partial charge in [-0.2, -0.15) is 0 Å². The lowest BCUT2D eigenvalue weighted by Crippen LogP contribution is -2.31. The minimum atomic E-state index is 0.197. The van der Waals surface area contributed by atoms with E-state index in [0.29, 0.717) is 17.4 Å². The second-order valence-corrected chi connectivity index (χ2v) is 4.99. The van der Waals surface area contributed by atoms with Gasteiger partial charge in [-0.25, -0.2) is 4.98 Å². The van der Waals surface area contributed by atoms with Gasteiger partial charge in [-0.3, -0.25) is 0 Å². The fraction of sp³-hybridized carbons (Fsp3) is 0.400. The van der Waals surface area contributed by atoms with Crippen LogP contribution in [0.15, 0.2) is 24.4 Å². The van der Waals surface area contributed by atoms with Crippen molar-refractivity contribution in [2.24, 2.45) is 0 Å². The van der Waals surface area contributed by atoms with E-state index >= 15 is 0 Å². The molecule has 108 valence electrons. The van der Waals surface area contributed by atoms with Gasteiger partial charge in [0.2, 0.25) is 0 Å². The molecular weight excluding hydrogens is 276 g/mol. The standard InChI is InChI=1S/C15H19ClN2O2/c1-10(9-16)18(2)15-12-8-14(20-4)13(19-3)7-11(12)5-6-17-15/h5-8,10H,9H2,1-4H3. The number of nitrogens with zero attached hydrogens (tertiary/aromatic N) is 2. The van der Waals surface area contributed by atoms with E-state index in [-0.39, 0.29) is 6.04 Å². The smallest absolute Gasteiger partial charge is 0.161 e. The Kier molecular flexibility index (Phi) is 4.55. The molecule has 0 saturated carbocycles. The second kappa shape index (κ2) is 6.18. The molecule has 5 heteroatoms. The number of halogens is 1. The molecule has 0 bridgehead atoms. The molecule has 1 atom stereocenters. The zero-order valence-electron chi connectivity index (χ0n) is 12.2. The van der Waals surface area contributed by atoms with Gasteiger partial charge in [-0.1, -0.05) is 0 Å². The number of aromatic nitrogens is 1. The van der Waals surface area contributed by atoms with Crippen LogP contribution in [0.4, 0.5) is 5.82 Å². The highest BCUT2D eigenvalue weighted by molar-refractivity contribution is 6.18. The molecule has 0 aliphatic rings. The van der Waals surface area contributed by atoms with Crippen LogP contribution in [-0.2, 0) is 0 Å². The lowest BCUT2D eigenvalue weighted by atomic mass is 10.1. The molecule has 0 saturated heterocycles. The van der Waals surface area contributed by atoms with Gasteiger partial charge in [0.25, 0.3) is 0 Å². The van der Waals surface area contributed by atoms with E-state index in [1.54, 1.807) is 20.4 Å². The van der Waals surface area contributed by atoms with Crippen molar-refractivity contribution in [2.45, 2.75) is 13.0 Å². The number of ether oxygens (including phenoxy) is 2. The molecule has 1 heterocycles. The van der Waals surface area contributed by atoms with Gasteiger partial charge < -0.3 is 14.4 Å². The Bertz CT molecular complexity index is 604. The molecule has 0 N–H and O–H groups in total. The predicted octanol–water partition coefficient (Wildman–Crippen LogP) is 3.32. The van der Waals surface area contributed by atoms with Gasteiger partial charge in [0.05, 0.1) is 14.2 Å². The first-order chi connectivity index (χ1) is 9.62. The van der Waals surface area contributed by atoms with Crippen LogP contribution in [0, 0.1) is 0 Å². The Morgan fingerprint density at radius 2 is 1.90 bits per heavy atom. The van der Waals surface area contributed by atoms with Crippen LogP contribution in [0.3, 0.4) is 0 Å². The van der Waals surface area contributed by atoms with E-state index in [4.69, 9.17) is 21.1 Å². The lowest BCUT2D eigenvalue weighted by molar-refractivity contribution is 0.356. The van der Waals surface area contributed by atoms with Crippen LogP contribution in [0.25, 0.3) is 10.8 Å². The molecular formula is C15H19ClN2O2. The number of alkyl halides is 1. The van der Waals surface area contributed by atoms with Crippen LogP contribution in [0.5, 0.6) is 11.5 Å². The molecule has 1 aromatic carbocycles. The van der Waals surface area contributed by atoms with E-state index in [1.165, 1.54) is 0 Å². The quantitative estimate of drug-likeness (QED) is 0.793. The van der Waals surface area contributed by atoms with Crippen molar-refractivity contribution in [1.29, 1.82) is 0 Å². The molecule has 0 fully saturated rings. The topological polar surface area (TPSA) is 34.6 Å². The third kappa shape index (κ3) is 2.61. The Labute approximate surface area is 124 Å². The molecule has 20 heavy (non-hydrogen) atoms. The highest BCUT2D eigenvalue weighted by Gasteiger charge is 2.15. The van der Waals surface area contributed by atoms with Gasteiger partial charge in [0.1, 0.15) is 5.82 Å². The maximum Gasteiger partial charge on any atom is 0.161 e. The van der Waals surface area contributed by atoms with Crippen LogP contribution in [-0.4, -0.2) is 38.2 Å². The number of pyridine rings is 1. The van der Waals surface area contributed by atoms with E-state index in [9.17, 15) is 0 Å². The first-order valence-electron chi connectivity index (χ1n) is 6.42. The molecule has 2 aromatic rings. The number of benzene rings is 1. The summed E-state index contributed by atoms with van der Waals surface area (Å²) in [5.74, 6) is 2.84. The monoisotopic (exact) mass is 294 g/mol. The number of hydrogen-bond acceptors (Lipinski definition) is 4. The first-order valence-corrected chi connectivity index (χ1v) is 6.95. The summed E-state index contributed by atoms with van der Waals surface area (Å²) in [4.78, 5) is 6.55. The Morgan fingerprint density at radius 1 is 1.25 bits per heavy atom. The third-order valence-electron chi connectivity index (χ3n) is 3.47. The maximum atomic E-state index is 5.94. The molecule has 0 aliphatic carbocycles. The molecule has 0 spiro atoms. The molecule has 1 unspecified atom stereocenters. The summed E-state index contributed by atoms with van der Waals surface area (Å²) in [6, 6.07) is 6.06. The number of fused-ring (bicyclic) bond motifs is 1. The number of hydrogen-bond donors (Lipinski definition) is 0. The zero-order valence-corrected chi connectivity index (χ0v) is 12.9. The van der Waals surface area contributed by atoms with Crippen LogP contribution < -0.4 is 14.4 Å². The maximum absolute atomic E-state index is 5.94. The van der Waals surface area contributed by atoms with E-state index < -0.39 is 0 Å². The summed E-state index contributed by atoms with van der Waals surface area (Å²) in [5, 5.41) is 2.07. The molecule has 1 aromatic heterocycles. The van der Waals surface area contributed by atoms with Crippen molar-refractivity contribution in [3.63, 3.8) is 0 Å². The van der Waals surface area contributed by atoms with Crippen molar-refractivity contribution in [2.75, 3.05) is 32.0 Å². The minimum absolute atomic E-state index is 0.197. The van der Waals surface area contributed by atoms with Crippen molar-refractivity contribution < 1.29 is 9.47 Å². The number of methoxy groups -OCH3 is 2. The van der Waals surface area contributed by atoms with E-state index in [2.05, 4.69) is 16.8 Å². The first kappa shape index (κ1) is 14.7. The average Bonchev–Trinajstić information content (AvgIpc) is 2.51. The summed E-state index contributed by atoms with van der Waals surface area (Å²) >= 11 is 5.94. The van der Waals surface area contributed by atoms with Gasteiger partial charge in [0, 0.05) is 30.6 Å². The molecule has 2 rings (SSSR count). The summed E-state index contributed by atoms with van der Waals surface area (Å²) < 4.78 is 10.7. The highest BCUT2D eigenvalue weighted by atomic mass is 35.5. The Morgan fingerprint density at radius 3 is 2.50 bits per heavy atom. The third-order valence-corrected chi connectivity index (χ3v) is 3.91. The summed E-state index contributed by atoms with van der Waals surface area (Å²) in [6.07, 6.45) is 1.79. The normalized spacial score (nSPS) is 12.2. The van der Waals surface area contributed by atoms with Crippen LogP contribution >= 0.6 is 11.6 Å². The van der Waals surface area contributed by atoms with Gasteiger partial charge in [-0.15, -0.1) is 11.6 Å². The van der Waals surface area contributed by atoms with E-state index in [1.807, 2.05) is 25.2 Å². The van der Waals surface area contributed by atoms with Crippen molar-refractivity contribution in [3.8, 4) is 11.5 Å². The molecule has 0 radical (unpaired) electrons. The van der Waals surface area contributed by atoms with Crippen LogP contribution in [0.2, 0.25) is 0 Å². The molecule has 4 nitrogen and oxygen atoms in total. The number of anilines is 1. The number of rotatable bonds is 5. The molecule has 0 amide bonds.